The van der Waals surface area contributed by atoms with Crippen molar-refractivity contribution < 1.29 is 0 Å². The maximum atomic E-state index is 6.15. The average Bonchev–Trinajstić information content (AvgIpc) is 2.60. The first-order chi connectivity index (χ1) is 7.20. The largest absolute Gasteiger partial charge is 0.319 e. The van der Waals surface area contributed by atoms with Gasteiger partial charge in [0, 0.05) is 5.69 Å². The zero-order chi connectivity index (χ0) is 10.8. The van der Waals surface area contributed by atoms with Gasteiger partial charge in [0.15, 0.2) is 0 Å². The normalized spacial score (nSPS) is 12.7. The molecule has 3 nitrogen and oxygen atoms in total. The van der Waals surface area contributed by atoms with E-state index in [2.05, 4.69) is 10.2 Å². The Balaban J connectivity index is 2.37. The Morgan fingerprint density at radius 1 is 1.20 bits per heavy atom. The molecule has 0 aliphatic heterocycles. The number of aryl methyl sites for hydroxylation is 1. The number of H-pyrrole nitrogens is 1. The van der Waals surface area contributed by atoms with Gasteiger partial charge in [0.05, 0.1) is 11.7 Å². The van der Waals surface area contributed by atoms with E-state index in [0.717, 1.165) is 22.5 Å². The van der Waals surface area contributed by atoms with E-state index >= 15 is 0 Å². The Morgan fingerprint density at radius 3 is 2.40 bits per heavy atom. The summed E-state index contributed by atoms with van der Waals surface area (Å²) in [5.41, 5.74) is 10.4. The molecule has 0 saturated carbocycles. The second-order valence-corrected chi connectivity index (χ2v) is 3.75. The number of nitrogens with zero attached hydrogens (tertiary/aromatic N) is 1. The average molecular weight is 201 g/mol. The van der Waals surface area contributed by atoms with Crippen LogP contribution in [0.3, 0.4) is 0 Å². The topological polar surface area (TPSA) is 54.7 Å². The number of hydrogen-bond acceptors (Lipinski definition) is 2. The second-order valence-electron chi connectivity index (χ2n) is 3.75. The van der Waals surface area contributed by atoms with Gasteiger partial charge in [0.1, 0.15) is 0 Å². The first kappa shape index (κ1) is 9.93. The van der Waals surface area contributed by atoms with E-state index in [9.17, 15) is 0 Å². The van der Waals surface area contributed by atoms with E-state index in [0.29, 0.717) is 0 Å². The predicted octanol–water partition coefficient (Wildman–Crippen LogP) is 2.07. The third-order valence-corrected chi connectivity index (χ3v) is 2.74. The van der Waals surface area contributed by atoms with Gasteiger partial charge in [-0.1, -0.05) is 30.3 Å². The molecule has 2 rings (SSSR count). The van der Waals surface area contributed by atoms with Gasteiger partial charge in [0.25, 0.3) is 0 Å². The molecule has 2 aromatic rings. The lowest BCUT2D eigenvalue weighted by Gasteiger charge is -2.09. The molecule has 1 atom stereocenters. The molecule has 0 spiro atoms. The van der Waals surface area contributed by atoms with Crippen LogP contribution >= 0.6 is 0 Å². The van der Waals surface area contributed by atoms with Crippen LogP contribution in [0.15, 0.2) is 30.3 Å². The third-order valence-electron chi connectivity index (χ3n) is 2.74. The Kier molecular flexibility index (Phi) is 2.56. The molecule has 0 amide bonds. The van der Waals surface area contributed by atoms with Crippen molar-refractivity contribution in [3.8, 4) is 0 Å². The highest BCUT2D eigenvalue weighted by Crippen LogP contribution is 2.21. The van der Waals surface area contributed by atoms with E-state index in [-0.39, 0.29) is 6.04 Å². The molecule has 1 unspecified atom stereocenters. The number of nitrogens with two attached hydrogens (primary N) is 1. The molecule has 1 aromatic carbocycles. The van der Waals surface area contributed by atoms with Crippen molar-refractivity contribution in [3.05, 3.63) is 52.8 Å². The molecular formula is C12H15N3. The molecule has 3 heteroatoms. The molecule has 0 bridgehead atoms. The second kappa shape index (κ2) is 3.87. The summed E-state index contributed by atoms with van der Waals surface area (Å²) in [5.74, 6) is 0. The number of aromatic nitrogens is 2. The SMILES string of the molecule is Cc1[nH]nc(C(N)c2ccccc2)c1C. The Hall–Kier alpha value is -1.61. The monoisotopic (exact) mass is 201 g/mol. The van der Waals surface area contributed by atoms with Gasteiger partial charge in [-0.05, 0) is 25.0 Å². The fraction of sp³-hybridized carbons (Fsp3) is 0.250. The molecule has 78 valence electrons. The lowest BCUT2D eigenvalue weighted by molar-refractivity contribution is 0.810. The molecule has 0 saturated heterocycles. The van der Waals surface area contributed by atoms with Crippen molar-refractivity contribution >= 4 is 0 Å². The Bertz CT molecular complexity index is 445. The predicted molar refractivity (Wildman–Crippen MR) is 60.5 cm³/mol. The summed E-state index contributed by atoms with van der Waals surface area (Å²) in [6.07, 6.45) is 0. The van der Waals surface area contributed by atoms with Gasteiger partial charge in [-0.15, -0.1) is 0 Å². The minimum atomic E-state index is -0.142. The smallest absolute Gasteiger partial charge is 0.0866 e. The van der Waals surface area contributed by atoms with E-state index in [1.165, 1.54) is 0 Å². The molecule has 3 N–H and O–H groups in total. The fourth-order valence-corrected chi connectivity index (χ4v) is 1.62. The van der Waals surface area contributed by atoms with Crippen molar-refractivity contribution in [2.75, 3.05) is 0 Å². The summed E-state index contributed by atoms with van der Waals surface area (Å²) in [4.78, 5) is 0. The van der Waals surface area contributed by atoms with Crippen molar-refractivity contribution in [2.24, 2.45) is 5.73 Å². The Labute approximate surface area is 89.3 Å². The number of rotatable bonds is 2. The van der Waals surface area contributed by atoms with Crippen LogP contribution in [-0.2, 0) is 0 Å². The lowest BCUT2D eigenvalue weighted by atomic mass is 10.0. The molecule has 0 aliphatic carbocycles. The van der Waals surface area contributed by atoms with Crippen LogP contribution in [0.4, 0.5) is 0 Å². The fourth-order valence-electron chi connectivity index (χ4n) is 1.62. The van der Waals surface area contributed by atoms with Crippen LogP contribution < -0.4 is 5.73 Å². The van der Waals surface area contributed by atoms with Crippen LogP contribution in [0.5, 0.6) is 0 Å². The van der Waals surface area contributed by atoms with Gasteiger partial charge in [-0.25, -0.2) is 0 Å². The van der Waals surface area contributed by atoms with Crippen molar-refractivity contribution in [2.45, 2.75) is 19.9 Å². The maximum absolute atomic E-state index is 6.15. The van der Waals surface area contributed by atoms with Gasteiger partial charge in [-0.2, -0.15) is 5.10 Å². The zero-order valence-corrected chi connectivity index (χ0v) is 8.99. The van der Waals surface area contributed by atoms with Crippen LogP contribution in [0.1, 0.15) is 28.6 Å². The van der Waals surface area contributed by atoms with Crippen LogP contribution in [-0.4, -0.2) is 10.2 Å². The minimum absolute atomic E-state index is 0.142. The minimum Gasteiger partial charge on any atom is -0.319 e. The lowest BCUT2D eigenvalue weighted by Crippen LogP contribution is -2.13. The van der Waals surface area contributed by atoms with Gasteiger partial charge in [0.2, 0.25) is 0 Å². The number of hydrogen-bond donors (Lipinski definition) is 2. The number of benzene rings is 1. The third kappa shape index (κ3) is 1.78. The standard InChI is InChI=1S/C12H15N3/c1-8-9(2)14-15-12(8)11(13)10-6-4-3-5-7-10/h3-7,11H,13H2,1-2H3,(H,14,15). The molecule has 0 aliphatic rings. The van der Waals surface area contributed by atoms with E-state index in [1.807, 2.05) is 44.2 Å². The van der Waals surface area contributed by atoms with E-state index in [1.54, 1.807) is 0 Å². The first-order valence-corrected chi connectivity index (χ1v) is 5.02. The molecular weight excluding hydrogens is 186 g/mol. The summed E-state index contributed by atoms with van der Waals surface area (Å²) in [6.45, 7) is 4.04. The summed E-state index contributed by atoms with van der Waals surface area (Å²) in [7, 11) is 0. The zero-order valence-electron chi connectivity index (χ0n) is 8.99. The number of aromatic amines is 1. The van der Waals surface area contributed by atoms with E-state index < -0.39 is 0 Å². The quantitative estimate of drug-likeness (QED) is 0.781. The van der Waals surface area contributed by atoms with E-state index in [4.69, 9.17) is 5.73 Å². The molecule has 15 heavy (non-hydrogen) atoms. The highest BCUT2D eigenvalue weighted by atomic mass is 15.1. The van der Waals surface area contributed by atoms with Crippen LogP contribution in [0.2, 0.25) is 0 Å². The molecule has 0 radical (unpaired) electrons. The highest BCUT2D eigenvalue weighted by molar-refractivity contribution is 5.33. The molecule has 1 heterocycles. The molecule has 1 aromatic heterocycles. The van der Waals surface area contributed by atoms with Gasteiger partial charge >= 0.3 is 0 Å². The Morgan fingerprint density at radius 2 is 1.87 bits per heavy atom. The molecule has 0 fully saturated rings. The van der Waals surface area contributed by atoms with Crippen LogP contribution in [0, 0.1) is 13.8 Å². The van der Waals surface area contributed by atoms with Crippen molar-refractivity contribution in [1.82, 2.24) is 10.2 Å². The summed E-state index contributed by atoms with van der Waals surface area (Å²) >= 11 is 0. The van der Waals surface area contributed by atoms with Crippen molar-refractivity contribution in [3.63, 3.8) is 0 Å². The summed E-state index contributed by atoms with van der Waals surface area (Å²) in [6, 6.07) is 9.87. The van der Waals surface area contributed by atoms with Crippen molar-refractivity contribution in [1.29, 1.82) is 0 Å². The van der Waals surface area contributed by atoms with Crippen LogP contribution in [0.25, 0.3) is 0 Å². The maximum Gasteiger partial charge on any atom is 0.0866 e. The van der Waals surface area contributed by atoms with Gasteiger partial charge < -0.3 is 5.73 Å². The first-order valence-electron chi connectivity index (χ1n) is 5.02. The highest BCUT2D eigenvalue weighted by Gasteiger charge is 2.15. The summed E-state index contributed by atoms with van der Waals surface area (Å²) < 4.78 is 0. The van der Waals surface area contributed by atoms with Gasteiger partial charge in [-0.3, -0.25) is 5.10 Å². The number of nitrogens with one attached hydrogen (secondary N) is 1. The summed E-state index contributed by atoms with van der Waals surface area (Å²) in [5, 5.41) is 7.20.